The lowest BCUT2D eigenvalue weighted by molar-refractivity contribution is -0.137. The van der Waals surface area contributed by atoms with E-state index in [1.807, 2.05) is 103 Å². The van der Waals surface area contributed by atoms with Gasteiger partial charge >= 0.3 is 0 Å². The van der Waals surface area contributed by atoms with Crippen LogP contribution in [0.25, 0.3) is 33.8 Å². The summed E-state index contributed by atoms with van der Waals surface area (Å²) in [5.74, 6) is 2.41. The zero-order chi connectivity index (χ0) is 37.0. The topological polar surface area (TPSA) is 123 Å². The van der Waals surface area contributed by atoms with E-state index in [-0.39, 0.29) is 35.7 Å². The van der Waals surface area contributed by atoms with Gasteiger partial charge in [-0.2, -0.15) is 5.10 Å². The summed E-state index contributed by atoms with van der Waals surface area (Å²) in [7, 11) is 3.90. The summed E-state index contributed by atoms with van der Waals surface area (Å²) >= 11 is 0. The molecule has 0 spiro atoms. The van der Waals surface area contributed by atoms with Crippen LogP contribution in [0.2, 0.25) is 0 Å². The number of imidazole rings is 1. The number of nitrogens with zero attached hydrogens (tertiary/aromatic N) is 5. The summed E-state index contributed by atoms with van der Waals surface area (Å²) in [6.45, 7) is 1.24. The minimum atomic E-state index is -0.359. The standard InChI is InChI=1S/C44H46N8O2/c1-51(2)39(33-13-7-4-8-14-33)44(54)52-26-10-17-38(52)42-48-40(49-50-42)34-24-20-31(21-25-34)30-18-22-32(23-19-30)37-28-45-41(47-37)35-15-9-16-36(35)43(53)46-27-29-11-5-3-6-12-29/h3-8,11-14,18-25,28,35-36,38-39H,9-10,15-17,26-27H2,1-2H3,(H,45,47)(H,46,53)(H,48,49,50)/t35-,36-,38+,39+/m1/s1. The predicted molar refractivity (Wildman–Crippen MR) is 210 cm³/mol. The Labute approximate surface area is 316 Å². The van der Waals surface area contributed by atoms with Crippen LogP contribution >= 0.6 is 0 Å². The van der Waals surface area contributed by atoms with Crippen LogP contribution in [0.5, 0.6) is 0 Å². The van der Waals surface area contributed by atoms with Crippen LogP contribution < -0.4 is 5.32 Å². The quantitative estimate of drug-likeness (QED) is 0.126. The van der Waals surface area contributed by atoms with Gasteiger partial charge in [-0.05, 0) is 67.6 Å². The molecule has 1 saturated heterocycles. The third-order valence-electron chi connectivity index (χ3n) is 11.0. The lowest BCUT2D eigenvalue weighted by Gasteiger charge is -2.31. The third-order valence-corrected chi connectivity index (χ3v) is 11.0. The first-order valence-corrected chi connectivity index (χ1v) is 18.9. The fraction of sp³-hybridized carbons (Fsp3) is 0.295. The molecule has 10 nitrogen and oxygen atoms in total. The molecular weight excluding hydrogens is 673 g/mol. The Hall–Kier alpha value is -5.87. The Morgan fingerprint density at radius 2 is 1.46 bits per heavy atom. The minimum absolute atomic E-state index is 0.0799. The Morgan fingerprint density at radius 3 is 2.17 bits per heavy atom. The monoisotopic (exact) mass is 718 g/mol. The zero-order valence-electron chi connectivity index (χ0n) is 30.8. The number of amides is 2. The van der Waals surface area contributed by atoms with Gasteiger partial charge in [0.25, 0.3) is 0 Å². The molecule has 2 aromatic heterocycles. The van der Waals surface area contributed by atoms with Crippen molar-refractivity contribution < 1.29 is 9.59 Å². The fourth-order valence-corrected chi connectivity index (χ4v) is 8.16. The van der Waals surface area contributed by atoms with Gasteiger partial charge in [-0.3, -0.25) is 19.6 Å². The van der Waals surface area contributed by atoms with Crippen molar-refractivity contribution in [1.82, 2.24) is 40.3 Å². The molecule has 0 radical (unpaired) electrons. The van der Waals surface area contributed by atoms with Gasteiger partial charge in [-0.1, -0.05) is 116 Å². The molecule has 4 atom stereocenters. The molecule has 1 aliphatic heterocycles. The number of aromatic amines is 2. The highest BCUT2D eigenvalue weighted by Gasteiger charge is 2.38. The van der Waals surface area contributed by atoms with Crippen LogP contribution in [0.4, 0.5) is 0 Å². The predicted octanol–water partition coefficient (Wildman–Crippen LogP) is 7.70. The van der Waals surface area contributed by atoms with E-state index in [1.165, 1.54) is 0 Å². The second-order valence-electron chi connectivity index (χ2n) is 14.7. The largest absolute Gasteiger partial charge is 0.352 e. The summed E-state index contributed by atoms with van der Waals surface area (Å²) in [6, 6.07) is 36.2. The highest BCUT2D eigenvalue weighted by atomic mass is 16.2. The number of rotatable bonds is 11. The Morgan fingerprint density at radius 1 is 0.796 bits per heavy atom. The molecule has 8 rings (SSSR count). The second-order valence-corrected chi connectivity index (χ2v) is 14.7. The molecule has 2 amide bonds. The maximum Gasteiger partial charge on any atom is 0.245 e. The number of aromatic nitrogens is 5. The maximum absolute atomic E-state index is 13.9. The van der Waals surface area contributed by atoms with Crippen molar-refractivity contribution in [3.63, 3.8) is 0 Å². The van der Waals surface area contributed by atoms with Crippen molar-refractivity contribution in [1.29, 1.82) is 0 Å². The number of likely N-dealkylation sites (N-methyl/N-ethyl adjacent to an activating group) is 1. The molecule has 1 aliphatic carbocycles. The average Bonchev–Trinajstić information content (AvgIpc) is 4.05. The SMILES string of the molecule is CN(C)[C@H](C(=O)N1CCC[C@H]1c1nc(-c2ccc(-c3ccc(-c4cnc([C@@H]5CCC[C@H]5C(=O)NCc5ccccc5)[nH]4)cc3)cc2)n[nH]1)c1ccccc1. The third kappa shape index (κ3) is 7.34. The van der Waals surface area contributed by atoms with Crippen molar-refractivity contribution in [3.8, 4) is 33.8 Å². The van der Waals surface area contributed by atoms with Crippen molar-refractivity contribution in [2.24, 2.45) is 5.92 Å². The van der Waals surface area contributed by atoms with E-state index in [1.54, 1.807) is 0 Å². The first-order chi connectivity index (χ1) is 26.4. The molecule has 0 bridgehead atoms. The van der Waals surface area contributed by atoms with E-state index in [4.69, 9.17) is 9.97 Å². The van der Waals surface area contributed by atoms with E-state index in [2.05, 4.69) is 56.9 Å². The Bertz CT molecular complexity index is 2180. The molecule has 10 heteroatoms. The number of hydrogen-bond acceptors (Lipinski definition) is 6. The number of likely N-dealkylation sites (tertiary alicyclic amines) is 1. The van der Waals surface area contributed by atoms with Crippen LogP contribution in [0.3, 0.4) is 0 Å². The van der Waals surface area contributed by atoms with E-state index >= 15 is 0 Å². The first kappa shape index (κ1) is 35.2. The number of H-pyrrole nitrogens is 2. The van der Waals surface area contributed by atoms with Crippen molar-refractivity contribution in [3.05, 3.63) is 138 Å². The summed E-state index contributed by atoms with van der Waals surface area (Å²) < 4.78 is 0. The lowest BCUT2D eigenvalue weighted by Crippen LogP contribution is -2.40. The smallest absolute Gasteiger partial charge is 0.245 e. The van der Waals surface area contributed by atoms with Gasteiger partial charge in [0.1, 0.15) is 17.7 Å². The number of hydrogen-bond donors (Lipinski definition) is 3. The van der Waals surface area contributed by atoms with E-state index in [9.17, 15) is 9.59 Å². The van der Waals surface area contributed by atoms with Crippen LogP contribution in [0, 0.1) is 5.92 Å². The zero-order valence-corrected chi connectivity index (χ0v) is 30.8. The summed E-state index contributed by atoms with van der Waals surface area (Å²) in [4.78, 5) is 44.1. The molecule has 3 N–H and O–H groups in total. The van der Waals surface area contributed by atoms with Crippen LogP contribution in [-0.4, -0.2) is 67.4 Å². The summed E-state index contributed by atoms with van der Waals surface area (Å²) in [6.07, 6.45) is 6.49. The Kier molecular flexibility index (Phi) is 10.2. The van der Waals surface area contributed by atoms with Gasteiger partial charge in [-0.15, -0.1) is 0 Å². The molecule has 6 aromatic rings. The van der Waals surface area contributed by atoms with Crippen LogP contribution in [0.1, 0.15) is 72.9 Å². The van der Waals surface area contributed by atoms with Gasteiger partial charge in [0, 0.05) is 30.5 Å². The lowest BCUT2D eigenvalue weighted by atomic mass is 9.94. The molecule has 3 heterocycles. The molecule has 2 fully saturated rings. The maximum atomic E-state index is 13.9. The normalized spacial score (nSPS) is 18.9. The molecular formula is C44H46N8O2. The Balaban J connectivity index is 0.908. The van der Waals surface area contributed by atoms with Gasteiger partial charge < -0.3 is 15.2 Å². The molecule has 0 unspecified atom stereocenters. The molecule has 2 aliphatic rings. The van der Waals surface area contributed by atoms with Gasteiger partial charge in [0.2, 0.25) is 11.8 Å². The molecule has 54 heavy (non-hydrogen) atoms. The number of carbonyl (C=O) groups is 2. The molecule has 4 aromatic carbocycles. The van der Waals surface area contributed by atoms with E-state index < -0.39 is 0 Å². The molecule has 1 saturated carbocycles. The van der Waals surface area contributed by atoms with Crippen LogP contribution in [0.15, 0.2) is 115 Å². The van der Waals surface area contributed by atoms with Crippen molar-refractivity contribution in [2.45, 2.75) is 56.7 Å². The van der Waals surface area contributed by atoms with Crippen molar-refractivity contribution in [2.75, 3.05) is 20.6 Å². The van der Waals surface area contributed by atoms with Gasteiger partial charge in [0.15, 0.2) is 5.82 Å². The highest BCUT2D eigenvalue weighted by molar-refractivity contribution is 5.84. The number of benzene rings is 4. The average molecular weight is 719 g/mol. The minimum Gasteiger partial charge on any atom is -0.352 e. The van der Waals surface area contributed by atoms with Gasteiger partial charge in [0.05, 0.1) is 17.9 Å². The first-order valence-electron chi connectivity index (χ1n) is 18.9. The highest BCUT2D eigenvalue weighted by Crippen LogP contribution is 2.39. The summed E-state index contributed by atoms with van der Waals surface area (Å²) in [5.41, 5.74) is 7.17. The molecule has 274 valence electrons. The number of nitrogens with one attached hydrogen (secondary N) is 3. The second kappa shape index (κ2) is 15.6. The number of carbonyl (C=O) groups excluding carboxylic acids is 2. The van der Waals surface area contributed by atoms with Gasteiger partial charge in [-0.25, -0.2) is 9.97 Å². The van der Waals surface area contributed by atoms with Crippen LogP contribution in [-0.2, 0) is 16.1 Å². The van der Waals surface area contributed by atoms with E-state index in [0.29, 0.717) is 18.9 Å². The van der Waals surface area contributed by atoms with E-state index in [0.717, 1.165) is 82.8 Å². The summed E-state index contributed by atoms with van der Waals surface area (Å²) in [5, 5.41) is 10.8. The fourth-order valence-electron chi connectivity index (χ4n) is 8.16. The van der Waals surface area contributed by atoms with Crippen molar-refractivity contribution >= 4 is 11.8 Å².